The zero-order valence-electron chi connectivity index (χ0n) is 13.7. The number of benzene rings is 1. The Kier molecular flexibility index (Phi) is 5.24. The lowest BCUT2D eigenvalue weighted by Crippen LogP contribution is -2.39. The molecule has 0 aliphatic carbocycles. The average Bonchev–Trinajstić information content (AvgIpc) is 2.91. The number of hydrogen-bond acceptors (Lipinski definition) is 4. The number of likely N-dealkylation sites (tertiary alicyclic amines) is 1. The predicted octanol–water partition coefficient (Wildman–Crippen LogP) is 1.44. The molecule has 1 aromatic rings. The van der Waals surface area contributed by atoms with E-state index in [4.69, 9.17) is 5.14 Å². The molecule has 2 N–H and O–H groups in total. The normalized spacial score (nSPS) is 20.0. The summed E-state index contributed by atoms with van der Waals surface area (Å²) in [5.74, 6) is 0.841. The maximum Gasteiger partial charge on any atom is 0.209 e. The molecule has 6 heteroatoms. The first kappa shape index (κ1) is 16.7. The predicted molar refractivity (Wildman–Crippen MR) is 94.1 cm³/mol. The Morgan fingerprint density at radius 3 is 2.61 bits per heavy atom. The van der Waals surface area contributed by atoms with E-state index in [2.05, 4.69) is 34.1 Å². The van der Waals surface area contributed by atoms with E-state index in [0.29, 0.717) is 6.42 Å². The lowest BCUT2D eigenvalue weighted by molar-refractivity contribution is 0.187. The summed E-state index contributed by atoms with van der Waals surface area (Å²) in [6.45, 7) is 5.29. The second-order valence-corrected chi connectivity index (χ2v) is 8.56. The number of rotatable bonds is 6. The first-order valence-corrected chi connectivity index (χ1v) is 10.3. The highest BCUT2D eigenvalue weighted by molar-refractivity contribution is 7.89. The van der Waals surface area contributed by atoms with Crippen LogP contribution in [-0.4, -0.2) is 51.8 Å². The van der Waals surface area contributed by atoms with Crippen LogP contribution in [0.1, 0.15) is 24.8 Å². The molecule has 1 fully saturated rings. The van der Waals surface area contributed by atoms with Gasteiger partial charge in [0.15, 0.2) is 0 Å². The van der Waals surface area contributed by atoms with E-state index in [-0.39, 0.29) is 5.75 Å². The van der Waals surface area contributed by atoms with E-state index in [1.54, 1.807) is 0 Å². The topological polar surface area (TPSA) is 66.6 Å². The molecule has 23 heavy (non-hydrogen) atoms. The molecular formula is C17H27N3O2S. The molecule has 2 heterocycles. The van der Waals surface area contributed by atoms with Gasteiger partial charge in [0.1, 0.15) is 0 Å². The fraction of sp³-hybridized carbons (Fsp3) is 0.647. The average molecular weight is 337 g/mol. The minimum atomic E-state index is -3.31. The first-order valence-electron chi connectivity index (χ1n) is 8.57. The SMILES string of the molecule is NS(=O)(=O)CCCN1CCC(CN2CCc3ccccc32)CC1. The van der Waals surface area contributed by atoms with Crippen molar-refractivity contribution in [1.82, 2.24) is 4.90 Å². The van der Waals surface area contributed by atoms with E-state index in [0.717, 1.165) is 38.6 Å². The van der Waals surface area contributed by atoms with Gasteiger partial charge in [-0.05, 0) is 62.9 Å². The van der Waals surface area contributed by atoms with Crippen molar-refractivity contribution in [1.29, 1.82) is 0 Å². The fourth-order valence-electron chi connectivity index (χ4n) is 3.79. The smallest absolute Gasteiger partial charge is 0.209 e. The molecule has 0 bridgehead atoms. The van der Waals surface area contributed by atoms with Crippen molar-refractivity contribution in [3.05, 3.63) is 29.8 Å². The van der Waals surface area contributed by atoms with Gasteiger partial charge in [-0.1, -0.05) is 18.2 Å². The summed E-state index contributed by atoms with van der Waals surface area (Å²) in [4.78, 5) is 4.91. The van der Waals surface area contributed by atoms with Gasteiger partial charge in [-0.15, -0.1) is 0 Å². The monoisotopic (exact) mass is 337 g/mol. The molecule has 2 aliphatic heterocycles. The van der Waals surface area contributed by atoms with Crippen LogP contribution in [0.15, 0.2) is 24.3 Å². The molecule has 0 unspecified atom stereocenters. The van der Waals surface area contributed by atoms with Crippen LogP contribution in [0.2, 0.25) is 0 Å². The van der Waals surface area contributed by atoms with Crippen molar-refractivity contribution in [3.63, 3.8) is 0 Å². The third-order valence-corrected chi connectivity index (χ3v) is 5.93. The van der Waals surface area contributed by atoms with Crippen molar-refractivity contribution < 1.29 is 8.42 Å². The maximum atomic E-state index is 11.0. The molecule has 2 aliphatic rings. The van der Waals surface area contributed by atoms with E-state index in [1.165, 1.54) is 30.5 Å². The highest BCUT2D eigenvalue weighted by Gasteiger charge is 2.24. The van der Waals surface area contributed by atoms with Crippen LogP contribution in [0.4, 0.5) is 5.69 Å². The molecule has 1 saturated heterocycles. The van der Waals surface area contributed by atoms with E-state index < -0.39 is 10.0 Å². The van der Waals surface area contributed by atoms with Crippen molar-refractivity contribution in [2.45, 2.75) is 25.7 Å². The van der Waals surface area contributed by atoms with Crippen LogP contribution < -0.4 is 10.0 Å². The molecule has 0 amide bonds. The number of fused-ring (bicyclic) bond motifs is 1. The lowest BCUT2D eigenvalue weighted by Gasteiger charge is -2.34. The van der Waals surface area contributed by atoms with Crippen LogP contribution in [-0.2, 0) is 16.4 Å². The number of sulfonamides is 1. The molecule has 0 atom stereocenters. The molecule has 0 aromatic heterocycles. The van der Waals surface area contributed by atoms with Crippen molar-refractivity contribution in [2.24, 2.45) is 11.1 Å². The van der Waals surface area contributed by atoms with Crippen LogP contribution in [0, 0.1) is 5.92 Å². The number of para-hydroxylation sites is 1. The number of anilines is 1. The molecule has 0 saturated carbocycles. The number of primary sulfonamides is 1. The van der Waals surface area contributed by atoms with Gasteiger partial charge in [-0.25, -0.2) is 13.6 Å². The number of nitrogens with two attached hydrogens (primary N) is 1. The third-order valence-electron chi connectivity index (χ3n) is 5.07. The van der Waals surface area contributed by atoms with Crippen LogP contribution in [0.5, 0.6) is 0 Å². The Bertz CT molecular complexity index is 624. The van der Waals surface area contributed by atoms with E-state index in [1.807, 2.05) is 0 Å². The Hall–Kier alpha value is -1.11. The standard InChI is InChI=1S/C17H27N3O2S/c18-23(21,22)13-3-9-19-10-6-15(7-11-19)14-20-12-8-16-4-1-2-5-17(16)20/h1-2,4-5,15H,3,6-14H2,(H2,18,21,22). The van der Waals surface area contributed by atoms with Gasteiger partial charge < -0.3 is 9.80 Å². The summed E-state index contributed by atoms with van der Waals surface area (Å²) in [7, 11) is -3.31. The largest absolute Gasteiger partial charge is 0.371 e. The van der Waals surface area contributed by atoms with Crippen LogP contribution in [0.3, 0.4) is 0 Å². The zero-order chi connectivity index (χ0) is 16.3. The molecule has 5 nitrogen and oxygen atoms in total. The summed E-state index contributed by atoms with van der Waals surface area (Å²) in [6.07, 6.45) is 4.22. The van der Waals surface area contributed by atoms with Gasteiger partial charge in [-0.2, -0.15) is 0 Å². The fourth-order valence-corrected chi connectivity index (χ4v) is 4.32. The quantitative estimate of drug-likeness (QED) is 0.853. The van der Waals surface area contributed by atoms with Gasteiger partial charge in [0.05, 0.1) is 5.75 Å². The van der Waals surface area contributed by atoms with Crippen molar-refractivity contribution in [2.75, 3.05) is 43.4 Å². The Morgan fingerprint density at radius 1 is 1.13 bits per heavy atom. The van der Waals surface area contributed by atoms with Gasteiger partial charge >= 0.3 is 0 Å². The lowest BCUT2D eigenvalue weighted by atomic mass is 9.96. The second-order valence-electron chi connectivity index (χ2n) is 6.83. The summed E-state index contributed by atoms with van der Waals surface area (Å²) >= 11 is 0. The summed E-state index contributed by atoms with van der Waals surface area (Å²) < 4.78 is 21.9. The van der Waals surface area contributed by atoms with Crippen molar-refractivity contribution in [3.8, 4) is 0 Å². The minimum absolute atomic E-state index is 0.0947. The highest BCUT2D eigenvalue weighted by Crippen LogP contribution is 2.30. The van der Waals surface area contributed by atoms with Gasteiger partial charge in [0.25, 0.3) is 0 Å². The number of piperidine rings is 1. The summed E-state index contributed by atoms with van der Waals surface area (Å²) in [5.41, 5.74) is 2.90. The zero-order valence-corrected chi connectivity index (χ0v) is 14.5. The molecule has 3 rings (SSSR count). The molecule has 128 valence electrons. The first-order chi connectivity index (χ1) is 11.0. The van der Waals surface area contributed by atoms with Crippen molar-refractivity contribution >= 4 is 15.7 Å². The Balaban J connectivity index is 1.42. The Morgan fingerprint density at radius 2 is 1.87 bits per heavy atom. The van der Waals surface area contributed by atoms with Crippen LogP contribution in [0.25, 0.3) is 0 Å². The second kappa shape index (κ2) is 7.20. The van der Waals surface area contributed by atoms with Gasteiger partial charge in [0.2, 0.25) is 10.0 Å². The minimum Gasteiger partial charge on any atom is -0.371 e. The van der Waals surface area contributed by atoms with E-state index in [9.17, 15) is 8.42 Å². The highest BCUT2D eigenvalue weighted by atomic mass is 32.2. The molecule has 1 aromatic carbocycles. The van der Waals surface area contributed by atoms with Gasteiger partial charge in [-0.3, -0.25) is 0 Å². The third kappa shape index (κ3) is 4.68. The molecular weight excluding hydrogens is 310 g/mol. The Labute approximate surface area is 139 Å². The van der Waals surface area contributed by atoms with Gasteiger partial charge in [0, 0.05) is 18.8 Å². The maximum absolute atomic E-state index is 11.0. The molecule has 0 radical (unpaired) electrons. The van der Waals surface area contributed by atoms with E-state index >= 15 is 0 Å². The number of hydrogen-bond donors (Lipinski definition) is 1. The number of nitrogens with zero attached hydrogens (tertiary/aromatic N) is 2. The molecule has 0 spiro atoms. The summed E-state index contributed by atoms with van der Waals surface area (Å²) in [6, 6.07) is 8.74. The summed E-state index contributed by atoms with van der Waals surface area (Å²) in [5, 5.41) is 5.05. The van der Waals surface area contributed by atoms with Crippen LogP contribution >= 0.6 is 0 Å².